The van der Waals surface area contributed by atoms with Crippen LogP contribution in [0.15, 0.2) is 107 Å². The van der Waals surface area contributed by atoms with Crippen LogP contribution in [0.5, 0.6) is 11.8 Å². The number of nitrogens with zero attached hydrogens (tertiary/aromatic N) is 3. The molecule has 0 aliphatic carbocycles. The van der Waals surface area contributed by atoms with E-state index in [1.54, 1.807) is 36.5 Å². The van der Waals surface area contributed by atoms with E-state index in [1.807, 2.05) is 49.4 Å². The van der Waals surface area contributed by atoms with Crippen LogP contribution in [0.2, 0.25) is 0 Å². The molecule has 0 bridgehead atoms. The molecule has 5 aromatic rings. The average Bonchev–Trinajstić information content (AvgIpc) is 3.37. The molecule has 2 aromatic carbocycles. The third-order valence-corrected chi connectivity index (χ3v) is 6.75. The van der Waals surface area contributed by atoms with Gasteiger partial charge in [0.1, 0.15) is 11.5 Å². The van der Waals surface area contributed by atoms with Crippen LogP contribution >= 0.6 is 0 Å². The second-order valence-corrected chi connectivity index (χ2v) is 9.89. The molecule has 0 amide bonds. The molecule has 3 aromatic heterocycles. The van der Waals surface area contributed by atoms with Gasteiger partial charge in [-0.1, -0.05) is 53.2 Å². The summed E-state index contributed by atoms with van der Waals surface area (Å²) in [5.74, 6) is 0.854. The quantitative estimate of drug-likeness (QED) is 0.242. The number of benzene rings is 2. The monoisotopic (exact) mass is 513 g/mol. The van der Waals surface area contributed by atoms with Crippen molar-refractivity contribution < 1.29 is 21.9 Å². The molecule has 0 saturated heterocycles. The van der Waals surface area contributed by atoms with Gasteiger partial charge in [0.15, 0.2) is 5.76 Å². The van der Waals surface area contributed by atoms with Crippen molar-refractivity contribution in [1.29, 1.82) is 0 Å². The first-order valence-corrected chi connectivity index (χ1v) is 12.9. The van der Waals surface area contributed by atoms with Crippen molar-refractivity contribution in [3.05, 3.63) is 120 Å². The van der Waals surface area contributed by atoms with Gasteiger partial charge in [0.05, 0.1) is 11.3 Å². The molecule has 0 saturated carbocycles. The van der Waals surface area contributed by atoms with Crippen LogP contribution in [0.3, 0.4) is 0 Å². The number of ether oxygens (including phenoxy) is 1. The van der Waals surface area contributed by atoms with Crippen LogP contribution in [0, 0.1) is 6.92 Å². The number of hydrogen-bond donors (Lipinski definition) is 0. The van der Waals surface area contributed by atoms with E-state index >= 15 is 0 Å². The lowest BCUT2D eigenvalue weighted by Crippen LogP contribution is -2.11. The Hall–Kier alpha value is -4.50. The third-order valence-electron chi connectivity index (χ3n) is 5.53. The summed E-state index contributed by atoms with van der Waals surface area (Å²) in [6.45, 7) is 2.29. The first kappa shape index (κ1) is 24.2. The van der Waals surface area contributed by atoms with Gasteiger partial charge in [-0.15, -0.1) is 0 Å². The zero-order valence-corrected chi connectivity index (χ0v) is 20.8. The molecule has 5 rings (SSSR count). The minimum Gasteiger partial charge on any atom is -0.473 e. The zero-order valence-electron chi connectivity index (χ0n) is 19.9. The first-order chi connectivity index (χ1) is 18.0. The van der Waals surface area contributed by atoms with Gasteiger partial charge in [-0.25, -0.2) is 9.97 Å². The summed E-state index contributed by atoms with van der Waals surface area (Å²) in [7, 11) is -4.07. The van der Waals surface area contributed by atoms with Crippen molar-refractivity contribution in [2.24, 2.45) is 0 Å². The second-order valence-electron chi connectivity index (χ2n) is 8.34. The predicted octanol–water partition coefficient (Wildman–Crippen LogP) is 5.38. The fourth-order valence-electron chi connectivity index (χ4n) is 3.58. The lowest BCUT2D eigenvalue weighted by atomic mass is 10.1. The molecule has 0 atom stereocenters. The number of pyridine rings is 2. The highest BCUT2D eigenvalue weighted by Gasteiger charge is 2.21. The van der Waals surface area contributed by atoms with Crippen LogP contribution in [-0.2, 0) is 23.1 Å². The van der Waals surface area contributed by atoms with Crippen molar-refractivity contribution in [2.75, 3.05) is 0 Å². The summed E-state index contributed by atoms with van der Waals surface area (Å²) in [6, 6.07) is 25.0. The van der Waals surface area contributed by atoms with E-state index in [0.717, 1.165) is 16.7 Å². The molecule has 0 spiro atoms. The molecule has 0 unspecified atom stereocenters. The minimum atomic E-state index is -4.07. The maximum absolute atomic E-state index is 12.8. The van der Waals surface area contributed by atoms with E-state index in [2.05, 4.69) is 15.1 Å². The molecule has 8 nitrogen and oxygen atoms in total. The van der Waals surface area contributed by atoms with Gasteiger partial charge in [-0.05, 0) is 48.4 Å². The molecule has 37 heavy (non-hydrogen) atoms. The maximum atomic E-state index is 12.8. The number of hydrogen-bond acceptors (Lipinski definition) is 8. The Morgan fingerprint density at radius 1 is 0.838 bits per heavy atom. The van der Waals surface area contributed by atoms with E-state index in [-0.39, 0.29) is 10.8 Å². The molecule has 0 N–H and O–H groups in total. The second kappa shape index (κ2) is 10.6. The van der Waals surface area contributed by atoms with E-state index < -0.39 is 10.1 Å². The van der Waals surface area contributed by atoms with Gasteiger partial charge >= 0.3 is 10.1 Å². The Morgan fingerprint density at radius 3 is 2.35 bits per heavy atom. The smallest absolute Gasteiger partial charge is 0.340 e. The largest absolute Gasteiger partial charge is 0.473 e. The molecule has 9 heteroatoms. The SMILES string of the molecule is Cc1ccc(S(=O)(=O)Oc2ncccc2-c2cc(Cc3ccc(COc4ccccn4)cc3)no2)cc1. The Bertz CT molecular complexity index is 1580. The van der Waals surface area contributed by atoms with Crippen molar-refractivity contribution in [2.45, 2.75) is 24.8 Å². The van der Waals surface area contributed by atoms with E-state index in [4.69, 9.17) is 13.4 Å². The van der Waals surface area contributed by atoms with Gasteiger partial charge in [-0.2, -0.15) is 8.42 Å². The molecular formula is C28H23N3O5S. The highest BCUT2D eigenvalue weighted by Crippen LogP contribution is 2.31. The number of aryl methyl sites for hydroxylation is 1. The number of rotatable bonds is 9. The standard InChI is InChI=1S/C28H23N3O5S/c1-20-7-13-24(14-8-20)37(32,33)36-28-25(5-4-16-30-28)26-18-23(31-35-26)17-21-9-11-22(12-10-21)19-34-27-6-2-3-15-29-27/h2-16,18H,17,19H2,1H3. The molecule has 0 aliphatic rings. The van der Waals surface area contributed by atoms with Crippen LogP contribution in [0.25, 0.3) is 11.3 Å². The average molecular weight is 514 g/mol. The van der Waals surface area contributed by atoms with E-state index in [0.29, 0.717) is 35.9 Å². The summed E-state index contributed by atoms with van der Waals surface area (Å²) in [5.41, 5.74) is 4.06. The van der Waals surface area contributed by atoms with Crippen molar-refractivity contribution in [3.8, 4) is 23.1 Å². The van der Waals surface area contributed by atoms with Crippen molar-refractivity contribution in [1.82, 2.24) is 15.1 Å². The van der Waals surface area contributed by atoms with Crippen molar-refractivity contribution in [3.63, 3.8) is 0 Å². The summed E-state index contributed by atoms with van der Waals surface area (Å²) < 4.78 is 42.1. The number of aromatic nitrogens is 3. The normalized spacial score (nSPS) is 11.3. The van der Waals surface area contributed by atoms with Gasteiger partial charge < -0.3 is 13.4 Å². The predicted molar refractivity (Wildman–Crippen MR) is 137 cm³/mol. The Labute approximate surface area is 214 Å². The lowest BCUT2D eigenvalue weighted by Gasteiger charge is -2.08. The summed E-state index contributed by atoms with van der Waals surface area (Å²) in [6.07, 6.45) is 3.68. The van der Waals surface area contributed by atoms with Crippen molar-refractivity contribution >= 4 is 10.1 Å². The lowest BCUT2D eigenvalue weighted by molar-refractivity contribution is 0.294. The first-order valence-electron chi connectivity index (χ1n) is 11.5. The van der Waals surface area contributed by atoms with Crippen LogP contribution in [0.4, 0.5) is 0 Å². The highest BCUT2D eigenvalue weighted by molar-refractivity contribution is 7.87. The van der Waals surface area contributed by atoms with Gasteiger partial charge in [0.25, 0.3) is 0 Å². The molecule has 0 fully saturated rings. The topological polar surface area (TPSA) is 104 Å². The molecule has 0 aliphatic heterocycles. The zero-order chi connectivity index (χ0) is 25.7. The molecule has 3 heterocycles. The van der Waals surface area contributed by atoms with Crippen LogP contribution in [-0.4, -0.2) is 23.5 Å². The summed E-state index contributed by atoms with van der Waals surface area (Å²) >= 11 is 0. The Morgan fingerprint density at radius 2 is 1.59 bits per heavy atom. The summed E-state index contributed by atoms with van der Waals surface area (Å²) in [5, 5.41) is 4.15. The van der Waals surface area contributed by atoms with Gasteiger partial charge in [0.2, 0.25) is 11.8 Å². The molecular weight excluding hydrogens is 490 g/mol. The summed E-state index contributed by atoms with van der Waals surface area (Å²) in [4.78, 5) is 8.31. The minimum absolute atomic E-state index is 0.0434. The fourth-order valence-corrected chi connectivity index (χ4v) is 4.48. The third kappa shape index (κ3) is 6.02. The highest BCUT2D eigenvalue weighted by atomic mass is 32.2. The molecule has 186 valence electrons. The van der Waals surface area contributed by atoms with Gasteiger partial charge in [-0.3, -0.25) is 0 Å². The molecule has 0 radical (unpaired) electrons. The Kier molecular flexibility index (Phi) is 6.96. The maximum Gasteiger partial charge on any atom is 0.340 e. The van der Waals surface area contributed by atoms with Gasteiger partial charge in [0, 0.05) is 30.9 Å². The van der Waals surface area contributed by atoms with E-state index in [1.165, 1.54) is 18.3 Å². The van der Waals surface area contributed by atoms with Crippen LogP contribution in [0.1, 0.15) is 22.4 Å². The fraction of sp³-hybridized carbons (Fsp3) is 0.107. The van der Waals surface area contributed by atoms with E-state index in [9.17, 15) is 8.42 Å². The van der Waals surface area contributed by atoms with Crippen LogP contribution < -0.4 is 8.92 Å². The Balaban J connectivity index is 1.27.